The van der Waals surface area contributed by atoms with Gasteiger partial charge in [-0.2, -0.15) is 5.10 Å². The predicted molar refractivity (Wildman–Crippen MR) is 110 cm³/mol. The van der Waals surface area contributed by atoms with E-state index in [1.54, 1.807) is 26.0 Å². The number of nitro groups is 1. The molecule has 3 aromatic carbocycles. The summed E-state index contributed by atoms with van der Waals surface area (Å²) >= 11 is 0. The van der Waals surface area contributed by atoms with Crippen molar-refractivity contribution in [2.45, 2.75) is 19.9 Å². The third-order valence-electron chi connectivity index (χ3n) is 4.36. The van der Waals surface area contributed by atoms with Crippen molar-refractivity contribution >= 4 is 33.8 Å². The fraction of sp³-hybridized carbons (Fsp3) is 0.143. The van der Waals surface area contributed by atoms with E-state index in [-0.39, 0.29) is 11.6 Å². The van der Waals surface area contributed by atoms with Crippen LogP contribution in [-0.2, 0) is 4.79 Å². The van der Waals surface area contributed by atoms with E-state index in [2.05, 4.69) is 15.8 Å². The molecule has 3 aromatic rings. The highest BCUT2D eigenvalue weighted by Crippen LogP contribution is 2.19. The third-order valence-corrected chi connectivity index (χ3v) is 4.36. The van der Waals surface area contributed by atoms with Crippen LogP contribution in [0.3, 0.4) is 0 Å². The largest absolute Gasteiger partial charge is 0.374 e. The Balaban J connectivity index is 1.62. The quantitative estimate of drug-likeness (QED) is 0.385. The lowest BCUT2D eigenvalue weighted by Crippen LogP contribution is -2.35. The number of fused-ring (bicyclic) bond motifs is 1. The van der Waals surface area contributed by atoms with E-state index in [1.165, 1.54) is 12.1 Å². The molecule has 7 nitrogen and oxygen atoms in total. The number of hydrazone groups is 1. The fourth-order valence-corrected chi connectivity index (χ4v) is 2.72. The van der Waals surface area contributed by atoms with Gasteiger partial charge in [-0.05, 0) is 54.4 Å². The average Bonchev–Trinajstić information content (AvgIpc) is 2.71. The molecule has 1 atom stereocenters. The summed E-state index contributed by atoms with van der Waals surface area (Å²) in [4.78, 5) is 22.6. The summed E-state index contributed by atoms with van der Waals surface area (Å²) in [6.45, 7) is 3.48. The Morgan fingerprint density at radius 2 is 1.71 bits per heavy atom. The first-order valence-corrected chi connectivity index (χ1v) is 8.78. The maximum absolute atomic E-state index is 12.3. The van der Waals surface area contributed by atoms with Crippen LogP contribution in [0.5, 0.6) is 0 Å². The summed E-state index contributed by atoms with van der Waals surface area (Å²) in [7, 11) is 0. The lowest BCUT2D eigenvalue weighted by Gasteiger charge is -2.14. The summed E-state index contributed by atoms with van der Waals surface area (Å²) in [5.74, 6) is -0.283. The van der Waals surface area contributed by atoms with Gasteiger partial charge in [-0.3, -0.25) is 14.9 Å². The molecule has 0 aliphatic rings. The Morgan fingerprint density at radius 3 is 2.39 bits per heavy atom. The van der Waals surface area contributed by atoms with E-state index < -0.39 is 11.0 Å². The predicted octanol–water partition coefficient (Wildman–Crippen LogP) is 4.09. The molecule has 0 aromatic heterocycles. The van der Waals surface area contributed by atoms with Crippen LogP contribution < -0.4 is 10.7 Å². The van der Waals surface area contributed by atoms with E-state index in [0.717, 1.165) is 16.5 Å². The highest BCUT2D eigenvalue weighted by molar-refractivity contribution is 5.99. The van der Waals surface area contributed by atoms with Crippen molar-refractivity contribution in [3.8, 4) is 0 Å². The van der Waals surface area contributed by atoms with Crippen molar-refractivity contribution in [3.63, 3.8) is 0 Å². The highest BCUT2D eigenvalue weighted by Gasteiger charge is 2.12. The Bertz CT molecular complexity index is 1040. The molecule has 0 saturated heterocycles. The van der Waals surface area contributed by atoms with Gasteiger partial charge < -0.3 is 5.32 Å². The zero-order valence-electron chi connectivity index (χ0n) is 15.5. The van der Waals surface area contributed by atoms with Gasteiger partial charge >= 0.3 is 0 Å². The van der Waals surface area contributed by atoms with E-state index >= 15 is 0 Å². The van der Waals surface area contributed by atoms with Crippen LogP contribution in [0.4, 0.5) is 11.4 Å². The topological polar surface area (TPSA) is 96.6 Å². The molecule has 0 aliphatic heterocycles. The smallest absolute Gasteiger partial charge is 0.269 e. The number of amides is 1. The van der Waals surface area contributed by atoms with Crippen LogP contribution in [0.15, 0.2) is 71.8 Å². The molecule has 0 aliphatic carbocycles. The van der Waals surface area contributed by atoms with Gasteiger partial charge in [-0.1, -0.05) is 30.3 Å². The second kappa shape index (κ2) is 8.30. The number of hydrogen-bond donors (Lipinski definition) is 2. The first kappa shape index (κ1) is 19.0. The third kappa shape index (κ3) is 4.50. The van der Waals surface area contributed by atoms with Crippen LogP contribution in [0.1, 0.15) is 19.4 Å². The molecule has 142 valence electrons. The number of nitro benzene ring substituents is 1. The van der Waals surface area contributed by atoms with E-state index in [4.69, 9.17) is 0 Å². The van der Waals surface area contributed by atoms with Gasteiger partial charge in [-0.25, -0.2) is 5.43 Å². The number of carbonyl (C=O) groups excluding carboxylic acids is 1. The first-order chi connectivity index (χ1) is 13.4. The molecule has 0 radical (unpaired) electrons. The lowest BCUT2D eigenvalue weighted by atomic mass is 10.1. The molecule has 1 amide bonds. The van der Waals surface area contributed by atoms with Crippen LogP contribution in [0.2, 0.25) is 0 Å². The average molecular weight is 376 g/mol. The van der Waals surface area contributed by atoms with Gasteiger partial charge in [0, 0.05) is 17.8 Å². The number of nitrogens with zero attached hydrogens (tertiary/aromatic N) is 2. The fourth-order valence-electron chi connectivity index (χ4n) is 2.72. The Hall–Kier alpha value is -3.74. The molecule has 1 unspecified atom stereocenters. The van der Waals surface area contributed by atoms with E-state index in [0.29, 0.717) is 11.3 Å². The van der Waals surface area contributed by atoms with Crippen molar-refractivity contribution in [3.05, 3.63) is 82.4 Å². The number of rotatable bonds is 6. The zero-order chi connectivity index (χ0) is 20.1. The molecule has 28 heavy (non-hydrogen) atoms. The Kier molecular flexibility index (Phi) is 5.64. The van der Waals surface area contributed by atoms with E-state index in [9.17, 15) is 14.9 Å². The van der Waals surface area contributed by atoms with Gasteiger partial charge in [0.25, 0.3) is 11.6 Å². The molecule has 3 rings (SSSR count). The van der Waals surface area contributed by atoms with Gasteiger partial charge in [0.15, 0.2) is 0 Å². The summed E-state index contributed by atoms with van der Waals surface area (Å²) in [5, 5.41) is 20.2. The van der Waals surface area contributed by atoms with Crippen LogP contribution in [0.25, 0.3) is 10.8 Å². The highest BCUT2D eigenvalue weighted by atomic mass is 16.6. The Morgan fingerprint density at radius 1 is 1.04 bits per heavy atom. The zero-order valence-corrected chi connectivity index (χ0v) is 15.5. The van der Waals surface area contributed by atoms with E-state index in [1.807, 2.05) is 42.5 Å². The van der Waals surface area contributed by atoms with Gasteiger partial charge in [-0.15, -0.1) is 0 Å². The van der Waals surface area contributed by atoms with Crippen LogP contribution >= 0.6 is 0 Å². The number of anilines is 1. The Labute approximate surface area is 162 Å². The maximum atomic E-state index is 12.3. The first-order valence-electron chi connectivity index (χ1n) is 8.78. The molecule has 2 N–H and O–H groups in total. The molecule has 0 saturated carbocycles. The number of hydrogen-bond acceptors (Lipinski definition) is 5. The monoisotopic (exact) mass is 376 g/mol. The SMILES string of the molecule is CC(=NNC(=O)C(C)Nc1ccc2ccccc2c1)c1ccc([N+](=O)[O-])cc1. The number of benzene rings is 3. The second-order valence-electron chi connectivity index (χ2n) is 6.41. The summed E-state index contributed by atoms with van der Waals surface area (Å²) < 4.78 is 0. The standard InChI is InChI=1S/C21H20N4O3/c1-14(16-8-11-20(12-9-16)25(27)28)23-24-21(26)15(2)22-19-10-7-17-5-3-4-6-18(17)13-19/h3-13,15,22H,1-2H3,(H,24,26). The molecule has 0 fully saturated rings. The lowest BCUT2D eigenvalue weighted by molar-refractivity contribution is -0.384. The number of carbonyl (C=O) groups is 1. The summed E-state index contributed by atoms with van der Waals surface area (Å²) in [6, 6.07) is 19.4. The normalized spacial score (nSPS) is 12.4. The molecule has 0 heterocycles. The summed E-state index contributed by atoms with van der Waals surface area (Å²) in [6.07, 6.45) is 0. The van der Waals surface area contributed by atoms with Crippen molar-refractivity contribution in [2.24, 2.45) is 5.10 Å². The number of non-ortho nitro benzene ring substituents is 1. The summed E-state index contributed by atoms with van der Waals surface area (Å²) in [5.41, 5.74) is 4.63. The second-order valence-corrected chi connectivity index (χ2v) is 6.41. The van der Waals surface area contributed by atoms with Gasteiger partial charge in [0.2, 0.25) is 0 Å². The van der Waals surface area contributed by atoms with Crippen molar-refractivity contribution in [1.29, 1.82) is 0 Å². The van der Waals surface area contributed by atoms with Crippen LogP contribution in [0, 0.1) is 10.1 Å². The maximum Gasteiger partial charge on any atom is 0.269 e. The minimum atomic E-state index is -0.491. The minimum absolute atomic E-state index is 0.00814. The van der Waals surface area contributed by atoms with Crippen molar-refractivity contribution in [1.82, 2.24) is 5.43 Å². The van der Waals surface area contributed by atoms with Crippen molar-refractivity contribution in [2.75, 3.05) is 5.32 Å². The van der Waals surface area contributed by atoms with Crippen LogP contribution in [-0.4, -0.2) is 22.6 Å². The molecular weight excluding hydrogens is 356 g/mol. The molecule has 0 spiro atoms. The van der Waals surface area contributed by atoms with Crippen molar-refractivity contribution < 1.29 is 9.72 Å². The molecule has 7 heteroatoms. The van der Waals surface area contributed by atoms with Gasteiger partial charge in [0.05, 0.1) is 10.6 Å². The molecule has 0 bridgehead atoms. The molecular formula is C21H20N4O3. The number of nitrogens with one attached hydrogen (secondary N) is 2. The van der Waals surface area contributed by atoms with Gasteiger partial charge in [0.1, 0.15) is 6.04 Å². The minimum Gasteiger partial charge on any atom is -0.374 e.